The van der Waals surface area contributed by atoms with E-state index in [9.17, 15) is 0 Å². The van der Waals surface area contributed by atoms with E-state index in [1.165, 1.54) is 0 Å². The van der Waals surface area contributed by atoms with Crippen LogP contribution in [0.1, 0.15) is 28.5 Å². The van der Waals surface area contributed by atoms with Gasteiger partial charge in [-0.2, -0.15) is 10.4 Å². The minimum absolute atomic E-state index is 0.522. The first-order chi connectivity index (χ1) is 16.2. The third-order valence-corrected chi connectivity index (χ3v) is 4.96. The molecule has 0 saturated heterocycles. The van der Waals surface area contributed by atoms with Crippen molar-refractivity contribution in [3.63, 3.8) is 0 Å². The highest BCUT2D eigenvalue weighted by atomic mass is 16.5. The molecule has 0 fully saturated rings. The molecular formula is C25H24N6O2. The minimum atomic E-state index is 0.522. The van der Waals surface area contributed by atoms with Crippen LogP contribution in [0, 0.1) is 18.3 Å². The van der Waals surface area contributed by atoms with E-state index in [2.05, 4.69) is 15.1 Å². The van der Waals surface area contributed by atoms with Gasteiger partial charge in [0.05, 0.1) is 49.6 Å². The van der Waals surface area contributed by atoms with Crippen molar-refractivity contribution in [3.05, 3.63) is 89.5 Å². The van der Waals surface area contributed by atoms with E-state index >= 15 is 0 Å². The van der Waals surface area contributed by atoms with E-state index in [-0.39, 0.29) is 0 Å². The molecule has 0 radical (unpaired) electrons. The van der Waals surface area contributed by atoms with Gasteiger partial charge in [-0.1, -0.05) is 30.3 Å². The van der Waals surface area contributed by atoms with Crippen LogP contribution in [-0.2, 0) is 17.9 Å². The molecule has 0 amide bonds. The maximum Gasteiger partial charge on any atom is 0.174 e. The van der Waals surface area contributed by atoms with Crippen molar-refractivity contribution in [2.75, 3.05) is 13.7 Å². The Labute approximate surface area is 192 Å². The molecule has 33 heavy (non-hydrogen) atoms. The summed E-state index contributed by atoms with van der Waals surface area (Å²) in [5, 5.41) is 12.8. The summed E-state index contributed by atoms with van der Waals surface area (Å²) >= 11 is 0. The summed E-state index contributed by atoms with van der Waals surface area (Å²) < 4.78 is 14.8. The van der Waals surface area contributed by atoms with Gasteiger partial charge in [-0.3, -0.25) is 0 Å². The van der Waals surface area contributed by atoms with E-state index in [1.807, 2.05) is 77.0 Å². The van der Waals surface area contributed by atoms with Crippen molar-refractivity contribution >= 4 is 12.2 Å². The fourth-order valence-electron chi connectivity index (χ4n) is 3.31. The molecule has 0 bridgehead atoms. The van der Waals surface area contributed by atoms with E-state index in [1.54, 1.807) is 25.6 Å². The summed E-state index contributed by atoms with van der Waals surface area (Å²) in [4.78, 5) is 8.74. The van der Waals surface area contributed by atoms with Gasteiger partial charge in [0.25, 0.3) is 0 Å². The van der Waals surface area contributed by atoms with Gasteiger partial charge >= 0.3 is 0 Å². The lowest BCUT2D eigenvalue weighted by Gasteiger charge is -2.11. The molecule has 166 valence electrons. The monoisotopic (exact) mass is 440 g/mol. The third kappa shape index (κ3) is 5.53. The second-order valence-electron chi connectivity index (χ2n) is 7.33. The lowest BCUT2D eigenvalue weighted by molar-refractivity contribution is 0.0769. The second-order valence-corrected chi connectivity index (χ2v) is 7.33. The predicted octanol–water partition coefficient (Wildman–Crippen LogP) is 4.04. The van der Waals surface area contributed by atoms with Crippen LogP contribution in [0.2, 0.25) is 0 Å². The number of aryl methyl sites for hydroxylation is 1. The van der Waals surface area contributed by atoms with Crippen LogP contribution in [0.5, 0.6) is 5.75 Å². The lowest BCUT2D eigenvalue weighted by atomic mass is 10.1. The number of fused-ring (bicyclic) bond motifs is 1. The van der Waals surface area contributed by atoms with Crippen molar-refractivity contribution in [1.29, 1.82) is 5.26 Å². The summed E-state index contributed by atoms with van der Waals surface area (Å²) in [5.74, 6) is 2.34. The Morgan fingerprint density at radius 2 is 2.00 bits per heavy atom. The predicted molar refractivity (Wildman–Crippen MR) is 125 cm³/mol. The van der Waals surface area contributed by atoms with Crippen LogP contribution in [0.25, 0.3) is 17.8 Å². The molecule has 3 heterocycles. The van der Waals surface area contributed by atoms with E-state index < -0.39 is 0 Å². The molecule has 0 aliphatic carbocycles. The molecule has 1 aliphatic heterocycles. The van der Waals surface area contributed by atoms with Crippen molar-refractivity contribution in [2.45, 2.75) is 20.1 Å². The fraction of sp³-hybridized carbons (Fsp3) is 0.200. The average molecular weight is 441 g/mol. The highest BCUT2D eigenvalue weighted by molar-refractivity contribution is 5.69. The van der Waals surface area contributed by atoms with Crippen molar-refractivity contribution in [1.82, 2.24) is 24.3 Å². The number of hydrogen-bond acceptors (Lipinski definition) is 6. The Morgan fingerprint density at radius 1 is 1.15 bits per heavy atom. The normalized spacial score (nSPS) is 12.5. The Balaban J connectivity index is 0.000000275. The maximum atomic E-state index is 8.29. The number of hydrogen-bond donors (Lipinski definition) is 0. The number of imidazole rings is 1. The largest absolute Gasteiger partial charge is 0.495 e. The fourth-order valence-corrected chi connectivity index (χ4v) is 3.31. The number of ether oxygens (including phenoxy) is 2. The molecule has 5 rings (SSSR count). The van der Waals surface area contributed by atoms with Crippen LogP contribution in [-0.4, -0.2) is 38.0 Å². The molecule has 0 atom stereocenters. The van der Waals surface area contributed by atoms with Crippen LogP contribution < -0.4 is 4.74 Å². The zero-order chi connectivity index (χ0) is 23.0. The Hall–Kier alpha value is -4.22. The van der Waals surface area contributed by atoms with Crippen LogP contribution in [0.15, 0.2) is 61.1 Å². The van der Waals surface area contributed by atoms with Gasteiger partial charge in [0.1, 0.15) is 12.4 Å². The van der Waals surface area contributed by atoms with Crippen LogP contribution in [0.4, 0.5) is 0 Å². The Bertz CT molecular complexity index is 1260. The zero-order valence-electron chi connectivity index (χ0n) is 18.5. The molecule has 2 aromatic carbocycles. The quantitative estimate of drug-likeness (QED) is 0.476. The number of aromatic nitrogens is 5. The molecule has 8 nitrogen and oxygen atoms in total. The van der Waals surface area contributed by atoms with Gasteiger partial charge in [-0.05, 0) is 42.8 Å². The molecule has 4 aromatic rings. The first kappa shape index (κ1) is 22.0. The van der Waals surface area contributed by atoms with Crippen LogP contribution >= 0.6 is 0 Å². The number of benzene rings is 2. The molecule has 1 aliphatic rings. The van der Waals surface area contributed by atoms with Crippen molar-refractivity contribution in [3.8, 4) is 17.5 Å². The smallest absolute Gasteiger partial charge is 0.174 e. The number of nitriles is 1. The van der Waals surface area contributed by atoms with E-state index in [0.717, 1.165) is 35.1 Å². The average Bonchev–Trinajstić information content (AvgIpc) is 3.49. The first-order valence-electron chi connectivity index (χ1n) is 10.5. The van der Waals surface area contributed by atoms with Gasteiger partial charge in [0.15, 0.2) is 11.6 Å². The van der Waals surface area contributed by atoms with Gasteiger partial charge in [0.2, 0.25) is 0 Å². The van der Waals surface area contributed by atoms with E-state index in [0.29, 0.717) is 24.6 Å². The van der Waals surface area contributed by atoms with E-state index in [4.69, 9.17) is 14.7 Å². The second kappa shape index (κ2) is 10.4. The SMILES string of the molecule is COc1cc(/C=C/c2nc3n(n2)CCOC3)ccc1-n1cnc(C)c1.N#Cc1ccccc1. The van der Waals surface area contributed by atoms with Crippen LogP contribution in [0.3, 0.4) is 0 Å². The summed E-state index contributed by atoms with van der Waals surface area (Å²) in [6, 6.07) is 17.2. The topological polar surface area (TPSA) is 90.8 Å². The Kier molecular flexibility index (Phi) is 6.93. The zero-order valence-corrected chi connectivity index (χ0v) is 18.5. The molecule has 8 heteroatoms. The molecule has 0 unspecified atom stereocenters. The van der Waals surface area contributed by atoms with Gasteiger partial charge in [0, 0.05) is 6.20 Å². The number of nitrogens with zero attached hydrogens (tertiary/aromatic N) is 6. The standard InChI is InChI=1S/C18H19N5O2.C7H5N/c1-13-10-22(12-19-13)15-5-3-14(9-16(15)24-2)4-6-17-20-18-11-25-8-7-23(18)21-17;8-6-7-4-2-1-3-5-7/h3-6,9-10,12H,7-8,11H2,1-2H3;1-5H/b6-4+;. The maximum absolute atomic E-state index is 8.29. The molecule has 0 N–H and O–H groups in total. The number of rotatable bonds is 4. The summed E-state index contributed by atoms with van der Waals surface area (Å²) in [6.45, 7) is 3.92. The molecule has 0 saturated carbocycles. The molecule has 0 spiro atoms. The van der Waals surface area contributed by atoms with Crippen molar-refractivity contribution in [2.24, 2.45) is 0 Å². The third-order valence-electron chi connectivity index (χ3n) is 4.96. The van der Waals surface area contributed by atoms with Gasteiger partial charge in [-0.25, -0.2) is 14.6 Å². The minimum Gasteiger partial charge on any atom is -0.495 e. The summed E-state index contributed by atoms with van der Waals surface area (Å²) in [6.07, 6.45) is 7.63. The highest BCUT2D eigenvalue weighted by Gasteiger charge is 2.12. The summed E-state index contributed by atoms with van der Waals surface area (Å²) in [5.41, 5.74) is 3.65. The molecular weight excluding hydrogens is 416 g/mol. The lowest BCUT2D eigenvalue weighted by Crippen LogP contribution is -2.17. The van der Waals surface area contributed by atoms with Crippen molar-refractivity contribution < 1.29 is 9.47 Å². The highest BCUT2D eigenvalue weighted by Crippen LogP contribution is 2.25. The Morgan fingerprint density at radius 3 is 2.67 bits per heavy atom. The molecule has 2 aromatic heterocycles. The number of methoxy groups -OCH3 is 1. The van der Waals surface area contributed by atoms with Gasteiger partial charge in [-0.15, -0.1) is 0 Å². The summed E-state index contributed by atoms with van der Waals surface area (Å²) in [7, 11) is 1.67. The van der Waals surface area contributed by atoms with Gasteiger partial charge < -0.3 is 14.0 Å². The first-order valence-corrected chi connectivity index (χ1v) is 10.5.